The van der Waals surface area contributed by atoms with Gasteiger partial charge in [0, 0.05) is 31.9 Å². The molecule has 1 aliphatic rings. The number of hydrogen-bond donors (Lipinski definition) is 1. The fourth-order valence-corrected chi connectivity index (χ4v) is 1.95. The number of hydrogen-bond acceptors (Lipinski definition) is 3. The van der Waals surface area contributed by atoms with Crippen LogP contribution in [0.4, 0.5) is 5.82 Å². The highest BCUT2D eigenvalue weighted by Gasteiger charge is 2.20. The van der Waals surface area contributed by atoms with Crippen LogP contribution in [0.5, 0.6) is 0 Å². The summed E-state index contributed by atoms with van der Waals surface area (Å²) >= 11 is 0. The number of nitrogens with zero attached hydrogens (tertiary/aromatic N) is 2. The van der Waals surface area contributed by atoms with Crippen molar-refractivity contribution in [2.45, 2.75) is 38.8 Å². The van der Waals surface area contributed by atoms with E-state index in [1.54, 1.807) is 0 Å². The maximum Gasteiger partial charge on any atom is 0.129 e. The summed E-state index contributed by atoms with van der Waals surface area (Å²) in [5, 5.41) is 3.56. The number of aromatic nitrogens is 1. The number of anilines is 1. The van der Waals surface area contributed by atoms with Crippen LogP contribution in [0, 0.1) is 0 Å². The molecule has 1 heterocycles. The van der Waals surface area contributed by atoms with Gasteiger partial charge in [-0.3, -0.25) is 0 Å². The van der Waals surface area contributed by atoms with Crippen LogP contribution in [-0.2, 0) is 13.0 Å². The molecule has 0 aromatic carbocycles. The molecular formula is C15H23N3. The summed E-state index contributed by atoms with van der Waals surface area (Å²) in [6, 6.07) is 5.14. The minimum absolute atomic E-state index is 0.748. The zero-order valence-electron chi connectivity index (χ0n) is 11.4. The molecule has 0 spiro atoms. The van der Waals surface area contributed by atoms with Crippen LogP contribution in [0.1, 0.15) is 31.0 Å². The molecule has 0 amide bonds. The molecule has 0 unspecified atom stereocenters. The normalized spacial score (nSPS) is 14.6. The van der Waals surface area contributed by atoms with Crippen molar-refractivity contribution in [2.75, 3.05) is 18.5 Å². The van der Waals surface area contributed by atoms with E-state index < -0.39 is 0 Å². The van der Waals surface area contributed by atoms with Crippen molar-refractivity contribution in [3.63, 3.8) is 0 Å². The SMILES string of the molecule is C=CCN(C)c1cc(CNC2CC2)cc(CC)n1. The Morgan fingerprint density at radius 1 is 1.50 bits per heavy atom. The van der Waals surface area contributed by atoms with E-state index >= 15 is 0 Å². The lowest BCUT2D eigenvalue weighted by Gasteiger charge is -2.18. The van der Waals surface area contributed by atoms with Crippen LogP contribution in [0.25, 0.3) is 0 Å². The van der Waals surface area contributed by atoms with Gasteiger partial charge in [-0.1, -0.05) is 13.0 Å². The summed E-state index contributed by atoms with van der Waals surface area (Å²) in [4.78, 5) is 6.80. The molecule has 3 nitrogen and oxygen atoms in total. The lowest BCUT2D eigenvalue weighted by Crippen LogP contribution is -2.20. The van der Waals surface area contributed by atoms with Crippen molar-refractivity contribution in [1.82, 2.24) is 10.3 Å². The van der Waals surface area contributed by atoms with Gasteiger partial charge < -0.3 is 10.2 Å². The Morgan fingerprint density at radius 2 is 2.28 bits per heavy atom. The van der Waals surface area contributed by atoms with E-state index in [4.69, 9.17) is 0 Å². The molecule has 0 radical (unpaired) electrons. The molecule has 18 heavy (non-hydrogen) atoms. The maximum atomic E-state index is 4.66. The largest absolute Gasteiger partial charge is 0.356 e. The number of rotatable bonds is 7. The maximum absolute atomic E-state index is 4.66. The Morgan fingerprint density at radius 3 is 2.89 bits per heavy atom. The van der Waals surface area contributed by atoms with E-state index in [2.05, 4.69) is 47.9 Å². The van der Waals surface area contributed by atoms with Gasteiger partial charge in [-0.05, 0) is 37.0 Å². The highest BCUT2D eigenvalue weighted by atomic mass is 15.2. The van der Waals surface area contributed by atoms with Gasteiger partial charge in [-0.2, -0.15) is 0 Å². The van der Waals surface area contributed by atoms with Crippen LogP contribution in [-0.4, -0.2) is 24.6 Å². The first-order valence-corrected chi connectivity index (χ1v) is 6.78. The molecule has 1 fully saturated rings. The lowest BCUT2D eigenvalue weighted by molar-refractivity contribution is 0.685. The van der Waals surface area contributed by atoms with Crippen LogP contribution >= 0.6 is 0 Å². The van der Waals surface area contributed by atoms with E-state index in [0.29, 0.717) is 0 Å². The molecule has 1 aromatic heterocycles. The average Bonchev–Trinajstić information content (AvgIpc) is 3.20. The second-order valence-electron chi connectivity index (χ2n) is 5.00. The van der Waals surface area contributed by atoms with Crippen molar-refractivity contribution in [3.05, 3.63) is 36.0 Å². The summed E-state index contributed by atoms with van der Waals surface area (Å²) in [5.41, 5.74) is 2.50. The highest BCUT2D eigenvalue weighted by molar-refractivity contribution is 5.42. The molecule has 3 heteroatoms. The Balaban J connectivity index is 2.11. The van der Waals surface area contributed by atoms with Gasteiger partial charge in [0.1, 0.15) is 5.82 Å². The van der Waals surface area contributed by atoms with Gasteiger partial charge in [0.15, 0.2) is 0 Å². The molecule has 98 valence electrons. The van der Waals surface area contributed by atoms with E-state index in [1.165, 1.54) is 18.4 Å². The van der Waals surface area contributed by atoms with Gasteiger partial charge in [0.2, 0.25) is 0 Å². The van der Waals surface area contributed by atoms with Gasteiger partial charge in [0.25, 0.3) is 0 Å². The molecular weight excluding hydrogens is 222 g/mol. The first-order chi connectivity index (χ1) is 8.72. The number of nitrogens with one attached hydrogen (secondary N) is 1. The number of likely N-dealkylation sites (N-methyl/N-ethyl adjacent to an activating group) is 1. The molecule has 1 aliphatic carbocycles. The van der Waals surface area contributed by atoms with Gasteiger partial charge in [-0.25, -0.2) is 4.98 Å². The summed E-state index contributed by atoms with van der Waals surface area (Å²) < 4.78 is 0. The standard InChI is InChI=1S/C15H23N3/c1-4-8-18(3)15-10-12(9-13(5-2)17-15)11-16-14-6-7-14/h4,9-10,14,16H,1,5-8,11H2,2-3H3. The Labute approximate surface area is 110 Å². The predicted octanol–water partition coefficient (Wildman–Crippen LogP) is 2.52. The lowest BCUT2D eigenvalue weighted by atomic mass is 10.2. The molecule has 0 bridgehead atoms. The summed E-state index contributed by atoms with van der Waals surface area (Å²) in [7, 11) is 2.06. The van der Waals surface area contributed by atoms with Gasteiger partial charge in [0.05, 0.1) is 0 Å². The third-order valence-corrected chi connectivity index (χ3v) is 3.25. The predicted molar refractivity (Wildman–Crippen MR) is 76.9 cm³/mol. The fourth-order valence-electron chi connectivity index (χ4n) is 1.95. The van der Waals surface area contributed by atoms with E-state index in [9.17, 15) is 0 Å². The third-order valence-electron chi connectivity index (χ3n) is 3.25. The summed E-state index contributed by atoms with van der Waals surface area (Å²) in [5.74, 6) is 1.04. The van der Waals surface area contributed by atoms with Crippen molar-refractivity contribution >= 4 is 5.82 Å². The minimum Gasteiger partial charge on any atom is -0.356 e. The Bertz CT molecular complexity index is 410. The Hall–Kier alpha value is -1.35. The first kappa shape index (κ1) is 13.1. The van der Waals surface area contributed by atoms with E-state index in [1.807, 2.05) is 6.08 Å². The third kappa shape index (κ3) is 3.57. The first-order valence-electron chi connectivity index (χ1n) is 6.78. The molecule has 2 rings (SSSR count). The molecule has 0 saturated heterocycles. The zero-order valence-corrected chi connectivity index (χ0v) is 11.4. The molecule has 1 aromatic rings. The highest BCUT2D eigenvalue weighted by Crippen LogP contribution is 2.20. The van der Waals surface area contributed by atoms with Crippen LogP contribution in [0.2, 0.25) is 0 Å². The second kappa shape index (κ2) is 6.01. The molecule has 0 aliphatic heterocycles. The van der Waals surface area contributed by atoms with Crippen LogP contribution < -0.4 is 10.2 Å². The van der Waals surface area contributed by atoms with Crippen LogP contribution in [0.15, 0.2) is 24.8 Å². The van der Waals surface area contributed by atoms with Gasteiger partial charge in [-0.15, -0.1) is 6.58 Å². The Kier molecular flexibility index (Phi) is 4.37. The number of pyridine rings is 1. The summed E-state index contributed by atoms with van der Waals surface area (Å²) in [6.45, 7) is 7.71. The van der Waals surface area contributed by atoms with Crippen molar-refractivity contribution in [3.8, 4) is 0 Å². The minimum atomic E-state index is 0.748. The van der Waals surface area contributed by atoms with E-state index in [0.717, 1.165) is 37.1 Å². The van der Waals surface area contributed by atoms with Crippen molar-refractivity contribution < 1.29 is 0 Å². The molecule has 1 N–H and O–H groups in total. The molecule has 0 atom stereocenters. The monoisotopic (exact) mass is 245 g/mol. The zero-order chi connectivity index (χ0) is 13.0. The van der Waals surface area contributed by atoms with E-state index in [-0.39, 0.29) is 0 Å². The van der Waals surface area contributed by atoms with Gasteiger partial charge >= 0.3 is 0 Å². The quantitative estimate of drug-likeness (QED) is 0.748. The fraction of sp³-hybridized carbons (Fsp3) is 0.533. The second-order valence-corrected chi connectivity index (χ2v) is 5.00. The van der Waals surface area contributed by atoms with Crippen molar-refractivity contribution in [1.29, 1.82) is 0 Å². The molecule has 1 saturated carbocycles. The topological polar surface area (TPSA) is 28.2 Å². The summed E-state index contributed by atoms with van der Waals surface area (Å²) in [6.07, 6.45) is 5.54. The number of aryl methyl sites for hydroxylation is 1. The van der Waals surface area contributed by atoms with Crippen LogP contribution in [0.3, 0.4) is 0 Å². The average molecular weight is 245 g/mol. The van der Waals surface area contributed by atoms with Crippen molar-refractivity contribution in [2.24, 2.45) is 0 Å². The smallest absolute Gasteiger partial charge is 0.129 e.